The van der Waals surface area contributed by atoms with Crippen molar-refractivity contribution < 1.29 is 13.9 Å². The van der Waals surface area contributed by atoms with Gasteiger partial charge in [-0.3, -0.25) is 9.79 Å². The molecule has 2 rings (SSSR count). The molecule has 1 saturated heterocycles. The van der Waals surface area contributed by atoms with E-state index in [4.69, 9.17) is 14.1 Å². The highest BCUT2D eigenvalue weighted by atomic mass is 16.5. The maximum absolute atomic E-state index is 12.1. The van der Waals surface area contributed by atoms with Gasteiger partial charge in [-0.2, -0.15) is 0 Å². The van der Waals surface area contributed by atoms with Gasteiger partial charge in [0.1, 0.15) is 5.76 Å². The monoisotopic (exact) mass is 349 g/mol. The van der Waals surface area contributed by atoms with Crippen molar-refractivity contribution in [2.24, 2.45) is 16.8 Å². The molecule has 6 heteroatoms. The second kappa shape index (κ2) is 10.1. The zero-order chi connectivity index (χ0) is 18.1. The number of likely N-dealkylation sites (tertiary alicyclic amines) is 1. The molecule has 140 valence electrons. The Hall–Kier alpha value is -1.98. The number of carbonyl (C=O) groups excluding carboxylic acids is 1. The quantitative estimate of drug-likeness (QED) is 0.466. The number of aliphatic imine (C=N–C) groups is 1. The number of ether oxygens (including phenoxy) is 1. The molecule has 1 aromatic heterocycles. The summed E-state index contributed by atoms with van der Waals surface area (Å²) < 4.78 is 10.6. The maximum Gasteiger partial charge on any atom is 0.310 e. The number of piperidine rings is 1. The topological polar surface area (TPSA) is 67.1 Å². The molecular weight excluding hydrogens is 318 g/mol. The number of hydrogen-bond acceptors (Lipinski definition) is 4. The molecule has 1 aliphatic heterocycles. The molecule has 1 aliphatic rings. The van der Waals surface area contributed by atoms with Crippen LogP contribution in [0.15, 0.2) is 27.8 Å². The summed E-state index contributed by atoms with van der Waals surface area (Å²) >= 11 is 0. The number of nitrogens with one attached hydrogen (secondary N) is 1. The average molecular weight is 349 g/mol. The lowest BCUT2D eigenvalue weighted by Crippen LogP contribution is -2.48. The summed E-state index contributed by atoms with van der Waals surface area (Å²) in [5.41, 5.74) is 0. The first-order chi connectivity index (χ1) is 12.1. The first kappa shape index (κ1) is 19.3. The van der Waals surface area contributed by atoms with Gasteiger partial charge in [0.15, 0.2) is 5.96 Å². The van der Waals surface area contributed by atoms with Crippen molar-refractivity contribution in [2.75, 3.05) is 32.8 Å². The van der Waals surface area contributed by atoms with Gasteiger partial charge in [-0.25, -0.2) is 0 Å². The molecule has 2 heterocycles. The SMILES string of the molecule is CCOC(=O)C1CCCN(C(=NCC(C)C)NCCc2ccco2)C1. The van der Waals surface area contributed by atoms with Crippen molar-refractivity contribution in [1.29, 1.82) is 0 Å². The molecule has 0 spiro atoms. The van der Waals surface area contributed by atoms with E-state index >= 15 is 0 Å². The Kier molecular flexibility index (Phi) is 7.82. The fraction of sp³-hybridized carbons (Fsp3) is 0.684. The third-order valence-electron chi connectivity index (χ3n) is 4.18. The maximum atomic E-state index is 12.1. The number of esters is 1. The van der Waals surface area contributed by atoms with Gasteiger partial charge in [-0.15, -0.1) is 0 Å². The first-order valence-corrected chi connectivity index (χ1v) is 9.32. The van der Waals surface area contributed by atoms with Gasteiger partial charge in [0.2, 0.25) is 0 Å². The van der Waals surface area contributed by atoms with Crippen molar-refractivity contribution in [3.63, 3.8) is 0 Å². The Labute approximate surface area is 150 Å². The largest absolute Gasteiger partial charge is 0.469 e. The van der Waals surface area contributed by atoms with E-state index in [1.807, 2.05) is 19.1 Å². The Morgan fingerprint density at radius 2 is 2.36 bits per heavy atom. The van der Waals surface area contributed by atoms with Crippen LogP contribution in [-0.2, 0) is 16.0 Å². The minimum atomic E-state index is -0.0917. The first-order valence-electron chi connectivity index (χ1n) is 9.32. The third kappa shape index (κ3) is 6.44. The molecule has 25 heavy (non-hydrogen) atoms. The van der Waals surface area contributed by atoms with Crippen LogP contribution in [0.4, 0.5) is 0 Å². The fourth-order valence-electron chi connectivity index (χ4n) is 2.91. The van der Waals surface area contributed by atoms with E-state index in [1.165, 1.54) is 0 Å². The minimum absolute atomic E-state index is 0.0650. The molecule has 1 aromatic rings. The van der Waals surface area contributed by atoms with Crippen LogP contribution in [0.5, 0.6) is 0 Å². The molecule has 0 radical (unpaired) electrons. The second-order valence-corrected chi connectivity index (χ2v) is 6.85. The van der Waals surface area contributed by atoms with E-state index in [0.717, 1.165) is 50.6 Å². The third-order valence-corrected chi connectivity index (χ3v) is 4.18. The van der Waals surface area contributed by atoms with E-state index in [-0.39, 0.29) is 11.9 Å². The molecule has 0 aliphatic carbocycles. The number of nitrogens with zero attached hydrogens (tertiary/aromatic N) is 2. The number of carbonyl (C=O) groups is 1. The van der Waals surface area contributed by atoms with E-state index < -0.39 is 0 Å². The van der Waals surface area contributed by atoms with Crippen molar-refractivity contribution >= 4 is 11.9 Å². The summed E-state index contributed by atoms with van der Waals surface area (Å²) in [4.78, 5) is 19.0. The number of guanidine groups is 1. The normalized spacial score (nSPS) is 18.5. The van der Waals surface area contributed by atoms with E-state index in [0.29, 0.717) is 19.1 Å². The molecule has 0 bridgehead atoms. The van der Waals surface area contributed by atoms with Crippen molar-refractivity contribution in [1.82, 2.24) is 10.2 Å². The zero-order valence-corrected chi connectivity index (χ0v) is 15.7. The van der Waals surface area contributed by atoms with E-state index in [2.05, 4.69) is 24.1 Å². The highest BCUT2D eigenvalue weighted by Crippen LogP contribution is 2.18. The van der Waals surface area contributed by atoms with Crippen LogP contribution in [0.2, 0.25) is 0 Å². The summed E-state index contributed by atoms with van der Waals surface area (Å²) in [5, 5.41) is 3.44. The van der Waals surface area contributed by atoms with Gasteiger partial charge in [0, 0.05) is 32.6 Å². The van der Waals surface area contributed by atoms with Crippen molar-refractivity contribution in [3.05, 3.63) is 24.2 Å². The van der Waals surface area contributed by atoms with E-state index in [1.54, 1.807) is 6.26 Å². The predicted molar refractivity (Wildman–Crippen MR) is 98.5 cm³/mol. The van der Waals surface area contributed by atoms with Crippen LogP contribution in [0.3, 0.4) is 0 Å². The second-order valence-electron chi connectivity index (χ2n) is 6.85. The lowest BCUT2D eigenvalue weighted by molar-refractivity contribution is -0.149. The van der Waals surface area contributed by atoms with E-state index in [9.17, 15) is 4.79 Å². The van der Waals surface area contributed by atoms with Crippen LogP contribution >= 0.6 is 0 Å². The zero-order valence-electron chi connectivity index (χ0n) is 15.7. The highest BCUT2D eigenvalue weighted by molar-refractivity contribution is 5.81. The highest BCUT2D eigenvalue weighted by Gasteiger charge is 2.28. The van der Waals surface area contributed by atoms with Crippen LogP contribution in [0.1, 0.15) is 39.4 Å². The van der Waals surface area contributed by atoms with Crippen molar-refractivity contribution in [3.8, 4) is 0 Å². The summed E-state index contributed by atoms with van der Waals surface area (Å²) in [6.45, 7) is 9.71. The van der Waals surface area contributed by atoms with Crippen LogP contribution < -0.4 is 5.32 Å². The lowest BCUT2D eigenvalue weighted by atomic mass is 9.98. The Bertz CT molecular complexity index is 540. The Morgan fingerprint density at radius 1 is 1.52 bits per heavy atom. The fourth-order valence-corrected chi connectivity index (χ4v) is 2.91. The van der Waals surface area contributed by atoms with Gasteiger partial charge in [-0.1, -0.05) is 13.8 Å². The predicted octanol–water partition coefficient (Wildman–Crippen LogP) is 2.70. The lowest BCUT2D eigenvalue weighted by Gasteiger charge is -2.34. The smallest absolute Gasteiger partial charge is 0.310 e. The molecule has 0 aromatic carbocycles. The van der Waals surface area contributed by atoms with Gasteiger partial charge in [0.05, 0.1) is 18.8 Å². The van der Waals surface area contributed by atoms with Gasteiger partial charge >= 0.3 is 5.97 Å². The molecule has 0 amide bonds. The van der Waals surface area contributed by atoms with Gasteiger partial charge < -0.3 is 19.4 Å². The summed E-state index contributed by atoms with van der Waals surface area (Å²) in [6, 6.07) is 3.88. The van der Waals surface area contributed by atoms with Gasteiger partial charge in [0.25, 0.3) is 0 Å². The number of furan rings is 1. The standard InChI is InChI=1S/C19H31N3O3/c1-4-24-18(23)16-7-5-11-22(14-16)19(21-13-15(2)3)20-10-9-17-8-6-12-25-17/h6,8,12,15-16H,4-5,7,9-11,13-14H2,1-3H3,(H,20,21). The van der Waals surface area contributed by atoms with Crippen LogP contribution in [0, 0.1) is 11.8 Å². The summed E-state index contributed by atoms with van der Waals surface area (Å²) in [6.07, 6.45) is 4.36. The molecule has 1 unspecified atom stereocenters. The Morgan fingerprint density at radius 3 is 3.04 bits per heavy atom. The number of rotatable bonds is 7. The molecule has 6 nitrogen and oxygen atoms in total. The van der Waals surface area contributed by atoms with Gasteiger partial charge in [-0.05, 0) is 37.8 Å². The van der Waals surface area contributed by atoms with Crippen LogP contribution in [0.25, 0.3) is 0 Å². The molecular formula is C19H31N3O3. The molecule has 1 N–H and O–H groups in total. The Balaban J connectivity index is 1.95. The van der Waals surface area contributed by atoms with Crippen molar-refractivity contribution in [2.45, 2.75) is 40.0 Å². The molecule has 0 saturated carbocycles. The summed E-state index contributed by atoms with van der Waals surface area (Å²) in [5.74, 6) is 2.18. The summed E-state index contributed by atoms with van der Waals surface area (Å²) in [7, 11) is 0. The van der Waals surface area contributed by atoms with Crippen LogP contribution in [-0.4, -0.2) is 49.6 Å². The molecule has 1 fully saturated rings. The minimum Gasteiger partial charge on any atom is -0.469 e. The number of hydrogen-bond donors (Lipinski definition) is 1. The average Bonchev–Trinajstić information content (AvgIpc) is 3.11. The molecule has 1 atom stereocenters.